The van der Waals surface area contributed by atoms with Gasteiger partial charge < -0.3 is 20.0 Å². The molecule has 1 aliphatic rings. The molecule has 0 unspecified atom stereocenters. The smallest absolute Gasteiger partial charge is 0.326 e. The van der Waals surface area contributed by atoms with E-state index in [1.165, 1.54) is 0 Å². The Kier molecular flexibility index (Phi) is 3.84. The summed E-state index contributed by atoms with van der Waals surface area (Å²) in [6.07, 6.45) is 4.48. The molecule has 0 radical (unpaired) electrons. The Labute approximate surface area is 143 Å². The zero-order valence-electron chi connectivity index (χ0n) is 14.0. The average molecular weight is 343 g/mol. The molecular weight excluding hydrogens is 322 g/mol. The summed E-state index contributed by atoms with van der Waals surface area (Å²) >= 11 is 0. The minimum Gasteiger partial charge on any atom is -0.383 e. The number of nitrogens with one attached hydrogen (secondary N) is 2. The number of piperidine rings is 1. The van der Waals surface area contributed by atoms with Crippen molar-refractivity contribution in [3.8, 4) is 0 Å². The van der Waals surface area contributed by atoms with Crippen molar-refractivity contribution in [2.75, 3.05) is 13.1 Å². The van der Waals surface area contributed by atoms with Crippen molar-refractivity contribution >= 4 is 28.0 Å². The van der Waals surface area contributed by atoms with Gasteiger partial charge >= 0.3 is 5.69 Å². The molecule has 0 saturated carbocycles. The zero-order chi connectivity index (χ0) is 17.6. The molecular formula is C17H21N5O3. The molecule has 1 fully saturated rings. The molecule has 4 heterocycles. The average Bonchev–Trinajstić information content (AvgIpc) is 3.23. The number of amides is 1. The first-order chi connectivity index (χ1) is 12.1. The monoisotopic (exact) mass is 343 g/mol. The van der Waals surface area contributed by atoms with Crippen LogP contribution in [0.25, 0.3) is 22.1 Å². The number of H-pyrrole nitrogens is 2. The molecule has 132 valence electrons. The standard InChI is InChI=1S/C17H21N5O3/c1-2-13(23)16(24)21-7-3-4-10(9-21)22-14-11-5-6-18-15(11)19-8-12(14)20-17(22)25/h5-6,8,10,13,23H,2-4,7,9H2,1H3,(H,18,19)(H,20,25)/t10-,13-/m1/s1. The van der Waals surface area contributed by atoms with Gasteiger partial charge in [0, 0.05) is 24.7 Å². The lowest BCUT2D eigenvalue weighted by atomic mass is 10.0. The van der Waals surface area contributed by atoms with Gasteiger partial charge in [0.25, 0.3) is 5.91 Å². The van der Waals surface area contributed by atoms with Gasteiger partial charge in [-0.15, -0.1) is 0 Å². The van der Waals surface area contributed by atoms with Crippen LogP contribution < -0.4 is 5.69 Å². The number of fused-ring (bicyclic) bond motifs is 3. The molecule has 3 N–H and O–H groups in total. The Balaban J connectivity index is 1.76. The van der Waals surface area contributed by atoms with Gasteiger partial charge in [0.05, 0.1) is 23.3 Å². The number of aromatic amines is 2. The number of rotatable bonds is 3. The second-order valence-electron chi connectivity index (χ2n) is 6.56. The van der Waals surface area contributed by atoms with Gasteiger partial charge in [0.15, 0.2) is 0 Å². The predicted molar refractivity (Wildman–Crippen MR) is 93.4 cm³/mol. The molecule has 1 saturated heterocycles. The zero-order valence-corrected chi connectivity index (χ0v) is 14.0. The van der Waals surface area contributed by atoms with Gasteiger partial charge in [-0.25, -0.2) is 9.78 Å². The van der Waals surface area contributed by atoms with E-state index in [2.05, 4.69) is 15.0 Å². The van der Waals surface area contributed by atoms with Crippen molar-refractivity contribution in [3.05, 3.63) is 28.9 Å². The van der Waals surface area contributed by atoms with Gasteiger partial charge in [-0.2, -0.15) is 0 Å². The Hall–Kier alpha value is -2.61. The SMILES string of the molecule is CC[C@@H](O)C(=O)N1CCC[C@@H](n2c(=O)[nH]c3cnc4[nH]ccc4c32)C1. The van der Waals surface area contributed by atoms with E-state index >= 15 is 0 Å². The third kappa shape index (κ3) is 2.53. The maximum Gasteiger partial charge on any atom is 0.326 e. The summed E-state index contributed by atoms with van der Waals surface area (Å²) in [6.45, 7) is 2.82. The topological polar surface area (TPSA) is 107 Å². The fraction of sp³-hybridized carbons (Fsp3) is 0.471. The highest BCUT2D eigenvalue weighted by Gasteiger charge is 2.30. The molecule has 2 atom stereocenters. The van der Waals surface area contributed by atoms with E-state index in [0.29, 0.717) is 25.0 Å². The predicted octanol–water partition coefficient (Wildman–Crippen LogP) is 1.14. The first-order valence-corrected chi connectivity index (χ1v) is 8.63. The van der Waals surface area contributed by atoms with Crippen LogP contribution in [0, 0.1) is 0 Å². The maximum absolute atomic E-state index is 12.6. The van der Waals surface area contributed by atoms with Gasteiger partial charge in [-0.1, -0.05) is 6.92 Å². The first-order valence-electron chi connectivity index (χ1n) is 8.63. The van der Waals surface area contributed by atoms with E-state index in [1.54, 1.807) is 28.8 Å². The Bertz CT molecular complexity index is 985. The number of carbonyl (C=O) groups excluding carboxylic acids is 1. The molecule has 4 rings (SSSR count). The minimum absolute atomic E-state index is 0.122. The van der Waals surface area contributed by atoms with Crippen LogP contribution in [0.5, 0.6) is 0 Å². The van der Waals surface area contributed by atoms with Gasteiger partial charge in [-0.05, 0) is 25.3 Å². The van der Waals surface area contributed by atoms with E-state index in [4.69, 9.17) is 0 Å². The second-order valence-corrected chi connectivity index (χ2v) is 6.56. The third-order valence-corrected chi connectivity index (χ3v) is 5.00. The largest absolute Gasteiger partial charge is 0.383 e. The first kappa shape index (κ1) is 15.9. The van der Waals surface area contributed by atoms with Crippen molar-refractivity contribution in [2.45, 2.75) is 38.3 Å². The molecule has 0 aliphatic carbocycles. The highest BCUT2D eigenvalue weighted by Crippen LogP contribution is 2.28. The summed E-state index contributed by atoms with van der Waals surface area (Å²) in [5, 5.41) is 10.7. The van der Waals surface area contributed by atoms with E-state index in [1.807, 2.05) is 6.07 Å². The summed E-state index contributed by atoms with van der Waals surface area (Å²) in [6, 6.07) is 1.78. The summed E-state index contributed by atoms with van der Waals surface area (Å²) in [5.74, 6) is -0.256. The molecule has 8 heteroatoms. The quantitative estimate of drug-likeness (QED) is 0.663. The summed E-state index contributed by atoms with van der Waals surface area (Å²) in [7, 11) is 0. The van der Waals surface area contributed by atoms with E-state index in [0.717, 1.165) is 29.4 Å². The highest BCUT2D eigenvalue weighted by atomic mass is 16.3. The summed E-state index contributed by atoms with van der Waals surface area (Å²) in [5.41, 5.74) is 2.03. The van der Waals surface area contributed by atoms with Crippen LogP contribution in [0.15, 0.2) is 23.3 Å². The maximum atomic E-state index is 12.6. The van der Waals surface area contributed by atoms with Gasteiger partial charge in [0.2, 0.25) is 0 Å². The minimum atomic E-state index is -0.973. The van der Waals surface area contributed by atoms with E-state index in [9.17, 15) is 14.7 Å². The van der Waals surface area contributed by atoms with Crippen LogP contribution in [0.3, 0.4) is 0 Å². The molecule has 1 aliphatic heterocycles. The van der Waals surface area contributed by atoms with Crippen LogP contribution in [0.4, 0.5) is 0 Å². The van der Waals surface area contributed by atoms with Gasteiger partial charge in [0.1, 0.15) is 11.8 Å². The molecule has 0 bridgehead atoms. The lowest BCUT2D eigenvalue weighted by molar-refractivity contribution is -0.142. The van der Waals surface area contributed by atoms with Crippen molar-refractivity contribution in [3.63, 3.8) is 0 Å². The van der Waals surface area contributed by atoms with Crippen molar-refractivity contribution in [1.29, 1.82) is 0 Å². The second kappa shape index (κ2) is 6.03. The molecule has 3 aromatic rings. The lowest BCUT2D eigenvalue weighted by Gasteiger charge is -2.34. The van der Waals surface area contributed by atoms with Crippen LogP contribution >= 0.6 is 0 Å². The molecule has 1 amide bonds. The highest BCUT2D eigenvalue weighted by molar-refractivity contribution is 6.00. The van der Waals surface area contributed by atoms with Crippen molar-refractivity contribution < 1.29 is 9.90 Å². The fourth-order valence-electron chi connectivity index (χ4n) is 3.72. The molecule has 0 spiro atoms. The Morgan fingerprint density at radius 3 is 3.16 bits per heavy atom. The normalized spacial score (nSPS) is 19.6. The molecule has 8 nitrogen and oxygen atoms in total. The fourth-order valence-corrected chi connectivity index (χ4v) is 3.72. The van der Waals surface area contributed by atoms with Crippen LogP contribution in [-0.4, -0.2) is 54.6 Å². The number of carbonyl (C=O) groups is 1. The summed E-state index contributed by atoms with van der Waals surface area (Å²) < 4.78 is 1.74. The van der Waals surface area contributed by atoms with Crippen LogP contribution in [0.1, 0.15) is 32.2 Å². The van der Waals surface area contributed by atoms with E-state index in [-0.39, 0.29) is 17.6 Å². The number of hydrogen-bond donors (Lipinski definition) is 3. The number of likely N-dealkylation sites (tertiary alicyclic amines) is 1. The molecule has 25 heavy (non-hydrogen) atoms. The van der Waals surface area contributed by atoms with Crippen LogP contribution in [0.2, 0.25) is 0 Å². The molecule has 0 aromatic carbocycles. The number of hydrogen-bond acceptors (Lipinski definition) is 4. The van der Waals surface area contributed by atoms with E-state index < -0.39 is 6.10 Å². The third-order valence-electron chi connectivity index (χ3n) is 5.00. The number of aliphatic hydroxyl groups excluding tert-OH is 1. The van der Waals surface area contributed by atoms with Gasteiger partial charge in [-0.3, -0.25) is 9.36 Å². The lowest BCUT2D eigenvalue weighted by Crippen LogP contribution is -2.46. The number of nitrogens with zero attached hydrogens (tertiary/aromatic N) is 3. The number of pyridine rings is 1. The number of aromatic nitrogens is 4. The molecule has 3 aromatic heterocycles. The van der Waals surface area contributed by atoms with Crippen molar-refractivity contribution in [2.24, 2.45) is 0 Å². The Morgan fingerprint density at radius 1 is 1.52 bits per heavy atom. The van der Waals surface area contributed by atoms with Crippen molar-refractivity contribution in [1.82, 2.24) is 24.4 Å². The Morgan fingerprint density at radius 2 is 2.36 bits per heavy atom. The summed E-state index contributed by atoms with van der Waals surface area (Å²) in [4.78, 5) is 36.8. The number of aliphatic hydroxyl groups is 1. The number of imidazole rings is 1. The van der Waals surface area contributed by atoms with Crippen LogP contribution in [-0.2, 0) is 4.79 Å².